The Kier molecular flexibility index (Phi) is 3.83. The summed E-state index contributed by atoms with van der Waals surface area (Å²) in [7, 11) is 0. The zero-order chi connectivity index (χ0) is 15.1. The fourth-order valence-electron chi connectivity index (χ4n) is 2.35. The molecule has 0 aromatic carbocycles. The van der Waals surface area contributed by atoms with E-state index in [0.717, 1.165) is 0 Å². The number of aliphatic hydroxyl groups is 1. The monoisotopic (exact) mass is 285 g/mol. The molecule has 0 radical (unpaired) electrons. The summed E-state index contributed by atoms with van der Waals surface area (Å²) in [5.74, 6) is -0.735. The van der Waals surface area contributed by atoms with Crippen molar-refractivity contribution in [2.75, 3.05) is 0 Å². The van der Waals surface area contributed by atoms with Crippen LogP contribution in [-0.4, -0.2) is 46.9 Å². The molecule has 1 aliphatic heterocycles. The van der Waals surface area contributed by atoms with E-state index in [1.54, 1.807) is 46.8 Å². The minimum atomic E-state index is -0.876. The zero-order valence-electron chi connectivity index (χ0n) is 12.5. The van der Waals surface area contributed by atoms with E-state index < -0.39 is 35.7 Å². The van der Waals surface area contributed by atoms with Crippen LogP contribution in [-0.2, 0) is 14.2 Å². The van der Waals surface area contributed by atoms with Gasteiger partial charge in [0.15, 0.2) is 5.79 Å². The van der Waals surface area contributed by atoms with E-state index in [9.17, 15) is 9.90 Å². The summed E-state index contributed by atoms with van der Waals surface area (Å²) >= 11 is 0. The first-order valence-electron chi connectivity index (χ1n) is 6.79. The number of hydrogen-bond donors (Lipinski definition) is 2. The number of rotatable bonds is 1. The molecule has 1 heterocycles. The van der Waals surface area contributed by atoms with Gasteiger partial charge in [0.1, 0.15) is 23.9 Å². The largest absolute Gasteiger partial charge is 0.444 e. The Hall–Kier alpha value is -1.11. The van der Waals surface area contributed by atoms with Gasteiger partial charge in [-0.05, 0) is 34.6 Å². The summed E-state index contributed by atoms with van der Waals surface area (Å²) in [5.41, 5.74) is -0.578. The summed E-state index contributed by atoms with van der Waals surface area (Å²) < 4.78 is 16.5. The molecule has 2 aliphatic rings. The molecule has 1 saturated heterocycles. The highest BCUT2D eigenvalue weighted by atomic mass is 16.8. The molecule has 114 valence electrons. The average Bonchev–Trinajstić information content (AvgIpc) is 2.55. The van der Waals surface area contributed by atoms with Crippen molar-refractivity contribution in [3.8, 4) is 0 Å². The van der Waals surface area contributed by atoms with Crippen molar-refractivity contribution < 1.29 is 24.1 Å². The molecule has 4 unspecified atom stereocenters. The predicted octanol–water partition coefficient (Wildman–Crippen LogP) is 1.33. The summed E-state index contributed by atoms with van der Waals surface area (Å²) in [6.07, 6.45) is 1.28. The number of ether oxygens (including phenoxy) is 3. The summed E-state index contributed by atoms with van der Waals surface area (Å²) in [6.45, 7) is 8.94. The molecule has 6 heteroatoms. The van der Waals surface area contributed by atoms with E-state index in [2.05, 4.69) is 5.32 Å². The zero-order valence-corrected chi connectivity index (χ0v) is 12.5. The van der Waals surface area contributed by atoms with Crippen LogP contribution in [0.1, 0.15) is 34.6 Å². The second-order valence-electron chi connectivity index (χ2n) is 6.61. The summed E-state index contributed by atoms with van der Waals surface area (Å²) in [6, 6.07) is -0.552. The fourth-order valence-corrected chi connectivity index (χ4v) is 2.35. The molecule has 0 spiro atoms. The van der Waals surface area contributed by atoms with Gasteiger partial charge in [-0.15, -0.1) is 0 Å². The third-order valence-corrected chi connectivity index (χ3v) is 3.06. The number of carbonyl (C=O) groups excluding carboxylic acids is 1. The molecular weight excluding hydrogens is 262 g/mol. The third-order valence-electron chi connectivity index (χ3n) is 3.06. The quantitative estimate of drug-likeness (QED) is 0.711. The minimum absolute atomic E-state index is 0.295. The average molecular weight is 285 g/mol. The van der Waals surface area contributed by atoms with Crippen molar-refractivity contribution in [3.63, 3.8) is 0 Å². The smallest absolute Gasteiger partial charge is 0.408 e. The highest BCUT2D eigenvalue weighted by Gasteiger charge is 2.48. The molecule has 2 N–H and O–H groups in total. The molecule has 1 amide bonds. The van der Waals surface area contributed by atoms with Crippen LogP contribution in [0.3, 0.4) is 0 Å². The third kappa shape index (κ3) is 3.50. The second-order valence-corrected chi connectivity index (χ2v) is 6.61. The van der Waals surface area contributed by atoms with Crippen molar-refractivity contribution in [2.24, 2.45) is 0 Å². The summed E-state index contributed by atoms with van der Waals surface area (Å²) in [5, 5.41) is 12.9. The van der Waals surface area contributed by atoms with Gasteiger partial charge in [0.2, 0.25) is 0 Å². The number of alkyl carbamates (subject to hydrolysis) is 1. The van der Waals surface area contributed by atoms with Crippen LogP contribution in [0.15, 0.2) is 12.2 Å². The molecule has 0 saturated carbocycles. The standard InChI is InChI=1S/C14H23NO5/c1-13(2,3)20-12(17)15-8-6-7-9-11(10(8)16)19-14(4,5)18-9/h6-11,16H,1-5H3,(H,15,17). The lowest BCUT2D eigenvalue weighted by molar-refractivity contribution is -0.153. The number of carbonyl (C=O) groups is 1. The molecule has 2 rings (SSSR count). The van der Waals surface area contributed by atoms with E-state index in [1.807, 2.05) is 0 Å². The van der Waals surface area contributed by atoms with E-state index >= 15 is 0 Å². The lowest BCUT2D eigenvalue weighted by atomic mass is 9.94. The normalized spacial score (nSPS) is 35.5. The molecule has 0 aromatic heterocycles. The Morgan fingerprint density at radius 2 is 1.95 bits per heavy atom. The van der Waals surface area contributed by atoms with Crippen LogP contribution in [0.2, 0.25) is 0 Å². The van der Waals surface area contributed by atoms with Crippen LogP contribution < -0.4 is 5.32 Å². The van der Waals surface area contributed by atoms with Crippen molar-refractivity contribution in [3.05, 3.63) is 12.2 Å². The Labute approximate surface area is 119 Å². The molecular formula is C14H23NO5. The number of aliphatic hydroxyl groups excluding tert-OH is 1. The number of fused-ring (bicyclic) bond motifs is 1. The van der Waals surface area contributed by atoms with Gasteiger partial charge in [-0.1, -0.05) is 12.2 Å². The van der Waals surface area contributed by atoms with Gasteiger partial charge in [-0.2, -0.15) is 0 Å². The predicted molar refractivity (Wildman–Crippen MR) is 72.1 cm³/mol. The molecule has 1 fully saturated rings. The SMILES string of the molecule is CC(C)(C)OC(=O)NC1C=CC2OC(C)(C)OC2C1O. The van der Waals surface area contributed by atoms with Gasteiger partial charge in [-0.3, -0.25) is 0 Å². The molecule has 1 aliphatic carbocycles. The van der Waals surface area contributed by atoms with E-state index in [0.29, 0.717) is 0 Å². The van der Waals surface area contributed by atoms with Gasteiger partial charge in [0, 0.05) is 0 Å². The van der Waals surface area contributed by atoms with Crippen molar-refractivity contribution in [2.45, 2.75) is 70.4 Å². The minimum Gasteiger partial charge on any atom is -0.444 e. The van der Waals surface area contributed by atoms with Crippen LogP contribution in [0.4, 0.5) is 4.79 Å². The highest BCUT2D eigenvalue weighted by Crippen LogP contribution is 2.34. The molecule has 0 aromatic rings. The van der Waals surface area contributed by atoms with Crippen LogP contribution in [0.25, 0.3) is 0 Å². The first-order chi connectivity index (χ1) is 9.07. The van der Waals surface area contributed by atoms with E-state index in [1.165, 1.54) is 0 Å². The summed E-state index contributed by atoms with van der Waals surface area (Å²) in [4.78, 5) is 11.7. The highest BCUT2D eigenvalue weighted by molar-refractivity contribution is 5.68. The topological polar surface area (TPSA) is 77.0 Å². The molecule has 6 nitrogen and oxygen atoms in total. The van der Waals surface area contributed by atoms with Crippen LogP contribution in [0.5, 0.6) is 0 Å². The number of amides is 1. The Bertz CT molecular complexity index is 412. The number of nitrogens with one attached hydrogen (secondary N) is 1. The van der Waals surface area contributed by atoms with Crippen molar-refractivity contribution >= 4 is 6.09 Å². The maximum atomic E-state index is 11.7. The first kappa shape index (κ1) is 15.3. The van der Waals surface area contributed by atoms with Gasteiger partial charge >= 0.3 is 6.09 Å². The van der Waals surface area contributed by atoms with Crippen LogP contribution in [0, 0.1) is 0 Å². The van der Waals surface area contributed by atoms with Gasteiger partial charge < -0.3 is 24.6 Å². The maximum Gasteiger partial charge on any atom is 0.408 e. The Morgan fingerprint density at radius 1 is 1.30 bits per heavy atom. The van der Waals surface area contributed by atoms with Crippen molar-refractivity contribution in [1.82, 2.24) is 5.32 Å². The van der Waals surface area contributed by atoms with Gasteiger partial charge in [0.25, 0.3) is 0 Å². The van der Waals surface area contributed by atoms with Gasteiger partial charge in [0.05, 0.1) is 6.04 Å². The first-order valence-corrected chi connectivity index (χ1v) is 6.79. The maximum absolute atomic E-state index is 11.7. The van der Waals surface area contributed by atoms with E-state index in [4.69, 9.17) is 14.2 Å². The van der Waals surface area contributed by atoms with Crippen molar-refractivity contribution in [1.29, 1.82) is 0 Å². The van der Waals surface area contributed by atoms with Gasteiger partial charge in [-0.25, -0.2) is 4.79 Å². The molecule has 4 atom stereocenters. The second kappa shape index (κ2) is 5.02. The fraction of sp³-hybridized carbons (Fsp3) is 0.786. The lowest BCUT2D eigenvalue weighted by Gasteiger charge is -2.31. The van der Waals surface area contributed by atoms with Crippen LogP contribution >= 0.6 is 0 Å². The molecule has 20 heavy (non-hydrogen) atoms. The molecule has 0 bridgehead atoms. The Balaban J connectivity index is 1.99. The van der Waals surface area contributed by atoms with E-state index in [-0.39, 0.29) is 6.10 Å². The Morgan fingerprint density at radius 3 is 2.55 bits per heavy atom. The lowest BCUT2D eigenvalue weighted by Crippen LogP contribution is -2.53. The number of hydrogen-bond acceptors (Lipinski definition) is 5.